The maximum absolute atomic E-state index is 10.9. The number of benzene rings is 1. The van der Waals surface area contributed by atoms with Crippen LogP contribution in [0.25, 0.3) is 10.9 Å². The molecule has 3 aromatic rings. The Balaban J connectivity index is 1.80. The second-order valence-electron chi connectivity index (χ2n) is 4.37. The van der Waals surface area contributed by atoms with E-state index in [4.69, 9.17) is 16.7 Å². The molecule has 0 saturated heterocycles. The molecule has 0 unspecified atom stereocenters. The SMILES string of the molecule is O=C(O)c1cc(SCc2cc3ccccc3nc2Cl)cs1. The second-order valence-corrected chi connectivity index (χ2v) is 6.69. The average molecular weight is 336 g/mol. The van der Waals surface area contributed by atoms with Crippen LogP contribution in [0.1, 0.15) is 15.2 Å². The fraction of sp³-hybridized carbons (Fsp3) is 0.0667. The van der Waals surface area contributed by atoms with Gasteiger partial charge in [0.15, 0.2) is 0 Å². The van der Waals surface area contributed by atoms with Crippen LogP contribution in [0.15, 0.2) is 46.7 Å². The van der Waals surface area contributed by atoms with E-state index in [9.17, 15) is 4.79 Å². The van der Waals surface area contributed by atoms with E-state index in [1.54, 1.807) is 17.8 Å². The summed E-state index contributed by atoms with van der Waals surface area (Å²) in [5, 5.41) is 12.3. The van der Waals surface area contributed by atoms with E-state index >= 15 is 0 Å². The molecule has 1 N–H and O–H groups in total. The van der Waals surface area contributed by atoms with E-state index in [0.717, 1.165) is 21.4 Å². The smallest absolute Gasteiger partial charge is 0.345 e. The molecular formula is C15H10ClNO2S2. The lowest BCUT2D eigenvalue weighted by atomic mass is 10.2. The van der Waals surface area contributed by atoms with Crippen LogP contribution in [0.3, 0.4) is 0 Å². The van der Waals surface area contributed by atoms with Crippen molar-refractivity contribution in [2.24, 2.45) is 0 Å². The van der Waals surface area contributed by atoms with Gasteiger partial charge in [-0.2, -0.15) is 0 Å². The van der Waals surface area contributed by atoms with Gasteiger partial charge in [0.05, 0.1) is 5.52 Å². The summed E-state index contributed by atoms with van der Waals surface area (Å²) in [5.74, 6) is -0.232. The molecule has 0 radical (unpaired) electrons. The zero-order chi connectivity index (χ0) is 14.8. The summed E-state index contributed by atoms with van der Waals surface area (Å²) in [5.41, 5.74) is 1.82. The number of para-hydroxylation sites is 1. The molecule has 0 saturated carbocycles. The number of carbonyl (C=O) groups is 1. The zero-order valence-corrected chi connectivity index (χ0v) is 13.1. The van der Waals surface area contributed by atoms with Gasteiger partial charge < -0.3 is 5.11 Å². The van der Waals surface area contributed by atoms with Crippen molar-refractivity contribution >= 4 is 51.6 Å². The van der Waals surface area contributed by atoms with E-state index in [0.29, 0.717) is 15.8 Å². The number of hydrogen-bond acceptors (Lipinski definition) is 4. The van der Waals surface area contributed by atoms with Crippen molar-refractivity contribution in [3.05, 3.63) is 57.4 Å². The summed E-state index contributed by atoms with van der Waals surface area (Å²) in [4.78, 5) is 16.5. The Hall–Kier alpha value is -1.56. The predicted octanol–water partition coefficient (Wildman–Crippen LogP) is 4.94. The monoisotopic (exact) mass is 335 g/mol. The number of hydrogen-bond donors (Lipinski definition) is 1. The molecule has 0 aliphatic carbocycles. The first-order valence-corrected chi connectivity index (χ1v) is 8.36. The Bertz CT molecular complexity index is 816. The lowest BCUT2D eigenvalue weighted by Gasteiger charge is -2.05. The normalized spacial score (nSPS) is 10.9. The summed E-state index contributed by atoms with van der Waals surface area (Å²) in [7, 11) is 0. The predicted molar refractivity (Wildman–Crippen MR) is 87.6 cm³/mol. The Morgan fingerprint density at radius 3 is 2.90 bits per heavy atom. The molecule has 0 aliphatic heterocycles. The van der Waals surface area contributed by atoms with Crippen molar-refractivity contribution in [1.29, 1.82) is 0 Å². The summed E-state index contributed by atoms with van der Waals surface area (Å²) in [6.07, 6.45) is 0. The summed E-state index contributed by atoms with van der Waals surface area (Å²) >= 11 is 9.00. The fourth-order valence-electron chi connectivity index (χ4n) is 1.91. The Morgan fingerprint density at radius 2 is 2.14 bits per heavy atom. The highest BCUT2D eigenvalue weighted by atomic mass is 35.5. The first kappa shape index (κ1) is 14.4. The Morgan fingerprint density at radius 1 is 1.33 bits per heavy atom. The van der Waals surface area contributed by atoms with Crippen LogP contribution in [-0.4, -0.2) is 16.1 Å². The molecule has 1 aromatic carbocycles. The number of fused-ring (bicyclic) bond motifs is 1. The third-order valence-corrected chi connectivity index (χ3v) is 5.35. The quantitative estimate of drug-likeness (QED) is 0.542. The summed E-state index contributed by atoms with van der Waals surface area (Å²) < 4.78 is 0. The molecule has 106 valence electrons. The van der Waals surface area contributed by atoms with Crippen LogP contribution in [-0.2, 0) is 5.75 Å². The molecule has 2 aromatic heterocycles. The van der Waals surface area contributed by atoms with Crippen molar-refractivity contribution in [2.45, 2.75) is 10.6 Å². The number of rotatable bonds is 4. The van der Waals surface area contributed by atoms with Crippen molar-refractivity contribution in [3.8, 4) is 0 Å². The van der Waals surface area contributed by atoms with Gasteiger partial charge in [-0.05, 0) is 18.2 Å². The van der Waals surface area contributed by atoms with Crippen molar-refractivity contribution in [2.75, 3.05) is 0 Å². The number of halogens is 1. The molecular weight excluding hydrogens is 326 g/mol. The molecule has 0 atom stereocenters. The number of pyridine rings is 1. The molecule has 0 fully saturated rings. The van der Waals surface area contributed by atoms with Crippen LogP contribution in [0.4, 0.5) is 0 Å². The highest BCUT2D eigenvalue weighted by Gasteiger charge is 2.09. The Kier molecular flexibility index (Phi) is 4.14. The van der Waals surface area contributed by atoms with Gasteiger partial charge in [0.25, 0.3) is 0 Å². The minimum absolute atomic E-state index is 0.347. The fourth-order valence-corrected chi connectivity index (χ4v) is 4.04. The Labute approximate surface area is 134 Å². The third-order valence-electron chi connectivity index (χ3n) is 2.93. The van der Waals surface area contributed by atoms with E-state index in [1.165, 1.54) is 11.3 Å². The van der Waals surface area contributed by atoms with E-state index in [2.05, 4.69) is 4.98 Å². The van der Waals surface area contributed by atoms with Gasteiger partial charge in [-0.3, -0.25) is 0 Å². The summed E-state index contributed by atoms with van der Waals surface area (Å²) in [6.45, 7) is 0. The number of thiophene rings is 1. The summed E-state index contributed by atoms with van der Waals surface area (Å²) in [6, 6.07) is 11.5. The van der Waals surface area contributed by atoms with Gasteiger partial charge in [0.2, 0.25) is 0 Å². The number of nitrogens with zero attached hydrogens (tertiary/aromatic N) is 1. The molecule has 3 rings (SSSR count). The average Bonchev–Trinajstić information content (AvgIpc) is 2.94. The topological polar surface area (TPSA) is 50.2 Å². The molecule has 2 heterocycles. The maximum atomic E-state index is 10.9. The molecule has 6 heteroatoms. The second kappa shape index (κ2) is 6.05. The van der Waals surface area contributed by atoms with Crippen LogP contribution >= 0.6 is 34.7 Å². The van der Waals surface area contributed by atoms with Gasteiger partial charge in [-0.15, -0.1) is 23.1 Å². The molecule has 0 spiro atoms. The van der Waals surface area contributed by atoms with Crippen molar-refractivity contribution in [3.63, 3.8) is 0 Å². The number of aromatic carboxylic acids is 1. The van der Waals surface area contributed by atoms with Crippen molar-refractivity contribution < 1.29 is 9.90 Å². The molecule has 21 heavy (non-hydrogen) atoms. The highest BCUT2D eigenvalue weighted by molar-refractivity contribution is 7.98. The third kappa shape index (κ3) is 3.20. The van der Waals surface area contributed by atoms with Gasteiger partial charge in [0, 0.05) is 27.0 Å². The minimum Gasteiger partial charge on any atom is -0.477 e. The van der Waals surface area contributed by atoms with Gasteiger partial charge in [-0.1, -0.05) is 29.8 Å². The first-order chi connectivity index (χ1) is 10.1. The van der Waals surface area contributed by atoms with Crippen LogP contribution in [0, 0.1) is 0 Å². The molecule has 0 amide bonds. The van der Waals surface area contributed by atoms with Crippen molar-refractivity contribution in [1.82, 2.24) is 4.98 Å². The van der Waals surface area contributed by atoms with E-state index in [1.807, 2.05) is 35.7 Å². The molecule has 0 bridgehead atoms. The highest BCUT2D eigenvalue weighted by Crippen LogP contribution is 2.30. The largest absolute Gasteiger partial charge is 0.477 e. The van der Waals surface area contributed by atoms with Gasteiger partial charge in [-0.25, -0.2) is 9.78 Å². The van der Waals surface area contributed by atoms with E-state index < -0.39 is 5.97 Å². The number of carboxylic acid groups (broad SMARTS) is 1. The number of aromatic nitrogens is 1. The van der Waals surface area contributed by atoms with Gasteiger partial charge in [0.1, 0.15) is 10.0 Å². The number of thioether (sulfide) groups is 1. The minimum atomic E-state index is -0.891. The molecule has 0 aliphatic rings. The van der Waals surface area contributed by atoms with Crippen LogP contribution < -0.4 is 0 Å². The van der Waals surface area contributed by atoms with Gasteiger partial charge >= 0.3 is 5.97 Å². The number of carboxylic acids is 1. The standard InChI is InChI=1S/C15H10ClNO2S2/c16-14-10(5-9-3-1-2-4-12(9)17-14)7-20-11-6-13(15(18)19)21-8-11/h1-6,8H,7H2,(H,18,19). The maximum Gasteiger partial charge on any atom is 0.345 e. The molecule has 3 nitrogen and oxygen atoms in total. The van der Waals surface area contributed by atoms with Crippen LogP contribution in [0.2, 0.25) is 5.15 Å². The lowest BCUT2D eigenvalue weighted by Crippen LogP contribution is -1.90. The first-order valence-electron chi connectivity index (χ1n) is 6.12. The van der Waals surface area contributed by atoms with E-state index in [-0.39, 0.29) is 0 Å². The lowest BCUT2D eigenvalue weighted by molar-refractivity contribution is 0.0702. The van der Waals surface area contributed by atoms with Crippen LogP contribution in [0.5, 0.6) is 0 Å². The zero-order valence-electron chi connectivity index (χ0n) is 10.7.